The fourth-order valence-corrected chi connectivity index (χ4v) is 2.20. The Morgan fingerprint density at radius 2 is 2.11 bits per heavy atom. The average molecular weight is 252 g/mol. The lowest BCUT2D eigenvalue weighted by Crippen LogP contribution is -2.47. The van der Waals surface area contributed by atoms with Crippen LogP contribution in [0.15, 0.2) is 4.63 Å². The molecule has 0 bridgehead atoms. The number of rotatable bonds is 4. The predicted octanol–water partition coefficient (Wildman–Crippen LogP) is 0.869. The number of likely N-dealkylation sites (tertiary alicyclic amines) is 1. The van der Waals surface area contributed by atoms with Crippen LogP contribution in [-0.4, -0.2) is 40.3 Å². The van der Waals surface area contributed by atoms with Crippen molar-refractivity contribution in [2.75, 3.05) is 13.1 Å². The zero-order valence-electron chi connectivity index (χ0n) is 11.0. The molecule has 1 aromatic rings. The van der Waals surface area contributed by atoms with Crippen LogP contribution in [0.25, 0.3) is 0 Å². The molecule has 1 aromatic heterocycles. The Balaban J connectivity index is 1.82. The second-order valence-electron chi connectivity index (χ2n) is 4.79. The topological polar surface area (TPSA) is 71.3 Å². The van der Waals surface area contributed by atoms with Crippen molar-refractivity contribution in [2.24, 2.45) is 0 Å². The van der Waals surface area contributed by atoms with Crippen LogP contribution in [0, 0.1) is 6.92 Å². The van der Waals surface area contributed by atoms with E-state index in [1.807, 2.05) is 13.8 Å². The van der Waals surface area contributed by atoms with Crippen molar-refractivity contribution < 1.29 is 9.42 Å². The van der Waals surface area contributed by atoms with Gasteiger partial charge in [0.2, 0.25) is 5.91 Å². The first-order valence-electron chi connectivity index (χ1n) is 6.48. The van der Waals surface area contributed by atoms with Crippen molar-refractivity contribution in [3.8, 4) is 0 Å². The molecule has 0 aliphatic carbocycles. The van der Waals surface area contributed by atoms with Crippen LogP contribution >= 0.6 is 0 Å². The van der Waals surface area contributed by atoms with E-state index >= 15 is 0 Å². The Kier molecular flexibility index (Phi) is 4.30. The number of nitrogens with zero attached hydrogens (tertiary/aromatic N) is 3. The van der Waals surface area contributed by atoms with Crippen LogP contribution in [0.2, 0.25) is 0 Å². The normalized spacial score (nSPS) is 18.6. The van der Waals surface area contributed by atoms with E-state index in [-0.39, 0.29) is 11.9 Å². The number of carbonyl (C=O) groups is 1. The van der Waals surface area contributed by atoms with Gasteiger partial charge in [0, 0.05) is 0 Å². The molecule has 1 amide bonds. The van der Waals surface area contributed by atoms with Gasteiger partial charge in [0.05, 0.1) is 12.6 Å². The van der Waals surface area contributed by atoms with Crippen molar-refractivity contribution in [2.45, 2.75) is 45.7 Å². The molecule has 1 saturated heterocycles. The Hall–Kier alpha value is -1.43. The van der Waals surface area contributed by atoms with Crippen molar-refractivity contribution in [1.82, 2.24) is 20.5 Å². The van der Waals surface area contributed by atoms with E-state index in [1.54, 1.807) is 0 Å². The van der Waals surface area contributed by atoms with E-state index in [9.17, 15) is 4.79 Å². The van der Waals surface area contributed by atoms with Crippen LogP contribution < -0.4 is 5.32 Å². The summed E-state index contributed by atoms with van der Waals surface area (Å²) in [4.78, 5) is 14.2. The van der Waals surface area contributed by atoms with Crippen molar-refractivity contribution in [1.29, 1.82) is 0 Å². The zero-order valence-corrected chi connectivity index (χ0v) is 11.0. The largest absolute Gasteiger partial charge is 0.349 e. The second-order valence-corrected chi connectivity index (χ2v) is 4.79. The van der Waals surface area contributed by atoms with E-state index in [1.165, 1.54) is 19.3 Å². The zero-order chi connectivity index (χ0) is 13.0. The quantitative estimate of drug-likeness (QED) is 0.861. The molecule has 2 rings (SSSR count). The average Bonchev–Trinajstić information content (AvgIpc) is 2.81. The minimum atomic E-state index is -0.0783. The summed E-state index contributed by atoms with van der Waals surface area (Å²) in [6, 6.07) is -0.0783. The Morgan fingerprint density at radius 3 is 2.72 bits per heavy atom. The third-order valence-corrected chi connectivity index (χ3v) is 3.49. The monoisotopic (exact) mass is 252 g/mol. The number of hydrogen-bond donors (Lipinski definition) is 1. The van der Waals surface area contributed by atoms with E-state index < -0.39 is 0 Å². The number of piperidine rings is 1. The lowest BCUT2D eigenvalue weighted by atomic mass is 10.1. The van der Waals surface area contributed by atoms with Gasteiger partial charge in [0.25, 0.3) is 0 Å². The van der Waals surface area contributed by atoms with E-state index in [0.29, 0.717) is 12.2 Å². The van der Waals surface area contributed by atoms with Crippen LogP contribution in [-0.2, 0) is 11.3 Å². The molecule has 2 heterocycles. The summed E-state index contributed by atoms with van der Waals surface area (Å²) < 4.78 is 4.59. The summed E-state index contributed by atoms with van der Waals surface area (Å²) in [6.45, 7) is 6.17. The Labute approximate surface area is 107 Å². The van der Waals surface area contributed by atoms with Gasteiger partial charge in [-0.05, 0) is 39.8 Å². The highest BCUT2D eigenvalue weighted by Crippen LogP contribution is 2.12. The molecule has 0 aromatic carbocycles. The Morgan fingerprint density at radius 1 is 1.39 bits per heavy atom. The SMILES string of the molecule is Cc1nonc1CNC(=O)[C@H](C)N1CCCCC1. The van der Waals surface area contributed by atoms with Crippen molar-refractivity contribution in [3.63, 3.8) is 0 Å². The molecule has 18 heavy (non-hydrogen) atoms. The molecule has 1 fully saturated rings. The van der Waals surface area contributed by atoms with Crippen LogP contribution in [0.3, 0.4) is 0 Å². The summed E-state index contributed by atoms with van der Waals surface area (Å²) in [5.41, 5.74) is 1.41. The fraction of sp³-hybridized carbons (Fsp3) is 0.750. The summed E-state index contributed by atoms with van der Waals surface area (Å²) in [6.07, 6.45) is 3.64. The molecular weight excluding hydrogens is 232 g/mol. The molecule has 1 N–H and O–H groups in total. The van der Waals surface area contributed by atoms with Gasteiger partial charge in [-0.1, -0.05) is 16.7 Å². The van der Waals surface area contributed by atoms with Crippen molar-refractivity contribution in [3.05, 3.63) is 11.4 Å². The van der Waals surface area contributed by atoms with Gasteiger partial charge in [0.1, 0.15) is 11.4 Å². The molecular formula is C12H20N4O2. The van der Waals surface area contributed by atoms with E-state index in [0.717, 1.165) is 18.8 Å². The van der Waals surface area contributed by atoms with Gasteiger partial charge in [-0.3, -0.25) is 9.69 Å². The number of carbonyl (C=O) groups excluding carboxylic acids is 1. The fourth-order valence-electron chi connectivity index (χ4n) is 2.20. The number of nitrogens with one attached hydrogen (secondary N) is 1. The van der Waals surface area contributed by atoms with Crippen LogP contribution in [0.1, 0.15) is 37.6 Å². The number of hydrogen-bond acceptors (Lipinski definition) is 5. The summed E-state index contributed by atoms with van der Waals surface area (Å²) in [5, 5.41) is 10.3. The molecule has 1 atom stereocenters. The lowest BCUT2D eigenvalue weighted by molar-refractivity contribution is -0.126. The summed E-state index contributed by atoms with van der Waals surface area (Å²) >= 11 is 0. The standard InChI is InChI=1S/C12H20N4O2/c1-9-11(15-18-14-9)8-13-12(17)10(2)16-6-4-3-5-7-16/h10H,3-8H2,1-2H3,(H,13,17)/t10-/m0/s1. The van der Waals surface area contributed by atoms with Crippen LogP contribution in [0.5, 0.6) is 0 Å². The molecule has 0 radical (unpaired) electrons. The molecule has 1 aliphatic heterocycles. The molecule has 0 unspecified atom stereocenters. The first-order valence-corrected chi connectivity index (χ1v) is 6.48. The molecule has 0 saturated carbocycles. The lowest BCUT2D eigenvalue weighted by Gasteiger charge is -2.31. The third-order valence-electron chi connectivity index (χ3n) is 3.49. The highest BCUT2D eigenvalue weighted by molar-refractivity contribution is 5.81. The maximum absolute atomic E-state index is 12.0. The molecule has 6 nitrogen and oxygen atoms in total. The molecule has 1 aliphatic rings. The molecule has 100 valence electrons. The van der Waals surface area contributed by atoms with Gasteiger partial charge in [-0.15, -0.1) is 0 Å². The van der Waals surface area contributed by atoms with Gasteiger partial charge in [0.15, 0.2) is 0 Å². The maximum Gasteiger partial charge on any atom is 0.237 e. The van der Waals surface area contributed by atoms with Gasteiger partial charge < -0.3 is 5.32 Å². The summed E-state index contributed by atoms with van der Waals surface area (Å²) in [5.74, 6) is 0.0410. The number of aromatic nitrogens is 2. The van der Waals surface area contributed by atoms with Gasteiger partial charge >= 0.3 is 0 Å². The second kappa shape index (κ2) is 5.95. The predicted molar refractivity (Wildman–Crippen MR) is 65.8 cm³/mol. The minimum Gasteiger partial charge on any atom is -0.349 e. The van der Waals surface area contributed by atoms with Crippen LogP contribution in [0.4, 0.5) is 0 Å². The first kappa shape index (κ1) is 13.0. The van der Waals surface area contributed by atoms with Crippen molar-refractivity contribution >= 4 is 5.91 Å². The third kappa shape index (κ3) is 3.07. The maximum atomic E-state index is 12.0. The number of amides is 1. The van der Waals surface area contributed by atoms with E-state index in [4.69, 9.17) is 0 Å². The smallest absolute Gasteiger partial charge is 0.237 e. The Bertz CT molecular complexity index is 399. The first-order chi connectivity index (χ1) is 8.68. The number of aryl methyl sites for hydroxylation is 1. The highest BCUT2D eigenvalue weighted by atomic mass is 16.6. The summed E-state index contributed by atoms with van der Waals surface area (Å²) in [7, 11) is 0. The minimum absolute atomic E-state index is 0.0410. The van der Waals surface area contributed by atoms with Gasteiger partial charge in [-0.25, -0.2) is 4.63 Å². The highest BCUT2D eigenvalue weighted by Gasteiger charge is 2.22. The van der Waals surface area contributed by atoms with Gasteiger partial charge in [-0.2, -0.15) is 0 Å². The van der Waals surface area contributed by atoms with E-state index in [2.05, 4.69) is 25.2 Å². The molecule has 6 heteroatoms. The molecule has 0 spiro atoms.